The van der Waals surface area contributed by atoms with E-state index in [1.54, 1.807) is 0 Å². The number of hydrogen-bond acceptors (Lipinski definition) is 4. The number of rotatable bonds is 4. The van der Waals surface area contributed by atoms with Crippen LogP contribution in [0.1, 0.15) is 56.8 Å². The Bertz CT molecular complexity index is 552. The maximum Gasteiger partial charge on any atom is 0.226 e. The Morgan fingerprint density at radius 2 is 2.41 bits per heavy atom. The third-order valence-corrected chi connectivity index (χ3v) is 4.35. The first-order valence-electron chi connectivity index (χ1n) is 8.24. The van der Waals surface area contributed by atoms with Gasteiger partial charge in [-0.25, -0.2) is 4.98 Å². The normalized spacial score (nSPS) is 22.5. The lowest BCUT2D eigenvalue weighted by Gasteiger charge is -2.32. The molecule has 22 heavy (non-hydrogen) atoms. The summed E-state index contributed by atoms with van der Waals surface area (Å²) in [5, 5.41) is 7.12. The minimum atomic E-state index is -0.213. The number of amides is 1. The van der Waals surface area contributed by atoms with Crippen LogP contribution >= 0.6 is 0 Å². The Morgan fingerprint density at radius 1 is 1.50 bits per heavy atom. The van der Waals surface area contributed by atoms with E-state index in [0.29, 0.717) is 31.9 Å². The number of allylic oxidation sites excluding steroid dienone is 1. The summed E-state index contributed by atoms with van der Waals surface area (Å²) in [7, 11) is 0. The SMILES string of the molecule is CCc1nc([C@@H]2CN(C(=O)CC3=CCCCC3)CCO2)n[nH]1. The molecule has 1 amide bonds. The van der Waals surface area contributed by atoms with Gasteiger partial charge in [-0.2, -0.15) is 5.10 Å². The second kappa shape index (κ2) is 7.05. The van der Waals surface area contributed by atoms with E-state index in [-0.39, 0.29) is 12.0 Å². The van der Waals surface area contributed by atoms with Crippen molar-refractivity contribution in [3.63, 3.8) is 0 Å². The van der Waals surface area contributed by atoms with Gasteiger partial charge in [0.2, 0.25) is 5.91 Å². The molecular formula is C16H24N4O2. The van der Waals surface area contributed by atoms with E-state index in [1.165, 1.54) is 18.4 Å². The summed E-state index contributed by atoms with van der Waals surface area (Å²) in [6.07, 6.45) is 8.05. The van der Waals surface area contributed by atoms with Gasteiger partial charge in [-0.05, 0) is 25.7 Å². The average molecular weight is 304 g/mol. The maximum atomic E-state index is 12.5. The summed E-state index contributed by atoms with van der Waals surface area (Å²) < 4.78 is 5.74. The van der Waals surface area contributed by atoms with Crippen LogP contribution in [-0.4, -0.2) is 45.7 Å². The highest BCUT2D eigenvalue weighted by atomic mass is 16.5. The number of morpholine rings is 1. The van der Waals surface area contributed by atoms with Gasteiger partial charge in [0.25, 0.3) is 0 Å². The zero-order chi connectivity index (χ0) is 15.4. The standard InChI is InChI=1S/C16H24N4O2/c1-2-14-17-16(19-18-14)13-11-20(8-9-22-13)15(21)10-12-6-4-3-5-7-12/h6,13H,2-5,7-11H2,1H3,(H,17,18,19)/t13-/m0/s1. The van der Waals surface area contributed by atoms with Gasteiger partial charge in [0, 0.05) is 19.4 Å². The number of ether oxygens (including phenoxy) is 1. The molecule has 1 aromatic rings. The lowest BCUT2D eigenvalue weighted by Crippen LogP contribution is -2.42. The van der Waals surface area contributed by atoms with Gasteiger partial charge in [0.1, 0.15) is 11.9 Å². The number of hydrogen-bond donors (Lipinski definition) is 1. The zero-order valence-corrected chi connectivity index (χ0v) is 13.2. The van der Waals surface area contributed by atoms with Crippen molar-refractivity contribution in [2.45, 2.75) is 51.6 Å². The molecule has 1 atom stereocenters. The molecule has 1 fully saturated rings. The van der Waals surface area contributed by atoms with Crippen LogP contribution in [0.3, 0.4) is 0 Å². The zero-order valence-electron chi connectivity index (χ0n) is 13.2. The van der Waals surface area contributed by atoms with Gasteiger partial charge in [-0.1, -0.05) is 18.6 Å². The van der Waals surface area contributed by atoms with Crippen LogP contribution in [0.15, 0.2) is 11.6 Å². The second-order valence-electron chi connectivity index (χ2n) is 5.98. The van der Waals surface area contributed by atoms with Crippen molar-refractivity contribution in [2.75, 3.05) is 19.7 Å². The van der Waals surface area contributed by atoms with E-state index in [1.807, 2.05) is 11.8 Å². The van der Waals surface area contributed by atoms with Crippen LogP contribution in [0.5, 0.6) is 0 Å². The Labute approximate surface area is 130 Å². The second-order valence-corrected chi connectivity index (χ2v) is 5.98. The average Bonchev–Trinajstić information content (AvgIpc) is 3.05. The molecule has 0 unspecified atom stereocenters. The van der Waals surface area contributed by atoms with Crippen LogP contribution < -0.4 is 0 Å². The molecule has 0 bridgehead atoms. The lowest BCUT2D eigenvalue weighted by atomic mass is 9.97. The van der Waals surface area contributed by atoms with Crippen LogP contribution in [0.2, 0.25) is 0 Å². The van der Waals surface area contributed by atoms with E-state index in [2.05, 4.69) is 21.3 Å². The summed E-state index contributed by atoms with van der Waals surface area (Å²) >= 11 is 0. The van der Waals surface area contributed by atoms with E-state index < -0.39 is 0 Å². The van der Waals surface area contributed by atoms with Crippen molar-refractivity contribution in [3.05, 3.63) is 23.3 Å². The summed E-state index contributed by atoms with van der Waals surface area (Å²) in [5.74, 6) is 1.72. The van der Waals surface area contributed by atoms with Crippen LogP contribution in [0.4, 0.5) is 0 Å². The molecule has 6 heteroatoms. The quantitative estimate of drug-likeness (QED) is 0.865. The molecule has 1 aliphatic heterocycles. The maximum absolute atomic E-state index is 12.5. The van der Waals surface area contributed by atoms with E-state index >= 15 is 0 Å². The number of carbonyl (C=O) groups is 1. The smallest absolute Gasteiger partial charge is 0.226 e. The fourth-order valence-electron chi connectivity index (χ4n) is 3.02. The Kier molecular flexibility index (Phi) is 4.87. The van der Waals surface area contributed by atoms with Gasteiger partial charge in [0.05, 0.1) is 13.2 Å². The summed E-state index contributed by atoms with van der Waals surface area (Å²) in [6.45, 7) is 3.78. The largest absolute Gasteiger partial charge is 0.366 e. The highest BCUT2D eigenvalue weighted by Gasteiger charge is 2.28. The number of aromatic amines is 1. The Balaban J connectivity index is 1.59. The molecular weight excluding hydrogens is 280 g/mol. The fraction of sp³-hybridized carbons (Fsp3) is 0.688. The number of nitrogens with one attached hydrogen (secondary N) is 1. The first-order chi connectivity index (χ1) is 10.8. The van der Waals surface area contributed by atoms with Gasteiger partial charge >= 0.3 is 0 Å². The van der Waals surface area contributed by atoms with Crippen molar-refractivity contribution >= 4 is 5.91 Å². The number of H-pyrrole nitrogens is 1. The monoisotopic (exact) mass is 304 g/mol. The molecule has 120 valence electrons. The molecule has 2 aliphatic rings. The number of aromatic nitrogens is 3. The fourth-order valence-corrected chi connectivity index (χ4v) is 3.02. The van der Waals surface area contributed by atoms with Crippen LogP contribution in [0.25, 0.3) is 0 Å². The van der Waals surface area contributed by atoms with Crippen molar-refractivity contribution in [3.8, 4) is 0 Å². The topological polar surface area (TPSA) is 71.1 Å². The number of nitrogens with zero attached hydrogens (tertiary/aromatic N) is 3. The molecule has 1 aromatic heterocycles. The summed E-state index contributed by atoms with van der Waals surface area (Å²) in [5.41, 5.74) is 1.30. The minimum absolute atomic E-state index is 0.202. The van der Waals surface area contributed by atoms with E-state index in [9.17, 15) is 4.79 Å². The first-order valence-corrected chi connectivity index (χ1v) is 8.24. The predicted molar refractivity (Wildman–Crippen MR) is 82.2 cm³/mol. The molecule has 0 aromatic carbocycles. The molecule has 3 rings (SSSR count). The molecule has 1 aliphatic carbocycles. The van der Waals surface area contributed by atoms with Crippen molar-refractivity contribution in [2.24, 2.45) is 0 Å². The van der Waals surface area contributed by atoms with Crippen molar-refractivity contribution in [1.82, 2.24) is 20.1 Å². The molecule has 1 saturated heterocycles. The molecule has 0 saturated carbocycles. The number of aryl methyl sites for hydroxylation is 1. The van der Waals surface area contributed by atoms with Gasteiger partial charge in [-0.3, -0.25) is 9.89 Å². The van der Waals surface area contributed by atoms with Gasteiger partial charge < -0.3 is 9.64 Å². The molecule has 2 heterocycles. The predicted octanol–water partition coefficient (Wildman–Crippen LogP) is 2.16. The molecule has 6 nitrogen and oxygen atoms in total. The minimum Gasteiger partial charge on any atom is -0.366 e. The Hall–Kier alpha value is -1.69. The van der Waals surface area contributed by atoms with Gasteiger partial charge in [-0.15, -0.1) is 0 Å². The van der Waals surface area contributed by atoms with Crippen LogP contribution in [0, 0.1) is 0 Å². The molecule has 0 spiro atoms. The molecule has 0 radical (unpaired) electrons. The highest BCUT2D eigenvalue weighted by molar-refractivity contribution is 5.78. The van der Waals surface area contributed by atoms with E-state index in [0.717, 1.165) is 25.1 Å². The van der Waals surface area contributed by atoms with Gasteiger partial charge in [0.15, 0.2) is 5.82 Å². The third-order valence-electron chi connectivity index (χ3n) is 4.35. The van der Waals surface area contributed by atoms with Crippen molar-refractivity contribution < 1.29 is 9.53 Å². The lowest BCUT2D eigenvalue weighted by molar-refractivity contribution is -0.138. The highest BCUT2D eigenvalue weighted by Crippen LogP contribution is 2.23. The number of carbonyl (C=O) groups excluding carboxylic acids is 1. The Morgan fingerprint density at radius 3 is 3.14 bits per heavy atom. The van der Waals surface area contributed by atoms with Crippen molar-refractivity contribution in [1.29, 1.82) is 0 Å². The van der Waals surface area contributed by atoms with E-state index in [4.69, 9.17) is 4.74 Å². The van der Waals surface area contributed by atoms with Crippen LogP contribution in [-0.2, 0) is 16.0 Å². The third kappa shape index (κ3) is 3.55. The summed E-state index contributed by atoms with van der Waals surface area (Å²) in [4.78, 5) is 18.8. The molecule has 1 N–H and O–H groups in total. The summed E-state index contributed by atoms with van der Waals surface area (Å²) in [6, 6.07) is 0. The first kappa shape index (κ1) is 15.2.